The minimum Gasteiger partial charge on any atom is -0.395 e. The second-order valence-electron chi connectivity index (χ2n) is 5.52. The van der Waals surface area contributed by atoms with Crippen LogP contribution in [0, 0.1) is 6.92 Å². The van der Waals surface area contributed by atoms with E-state index in [1.54, 1.807) is 0 Å². The van der Waals surface area contributed by atoms with Gasteiger partial charge in [0.15, 0.2) is 0 Å². The van der Waals surface area contributed by atoms with Crippen LogP contribution in [-0.2, 0) is 11.3 Å². The SMILES string of the molecule is Cc1ccc2cc(CN3CCOCC3CO)c(Cl)nc2c1. The summed E-state index contributed by atoms with van der Waals surface area (Å²) in [7, 11) is 0. The summed E-state index contributed by atoms with van der Waals surface area (Å²) in [6, 6.07) is 8.31. The van der Waals surface area contributed by atoms with Crippen LogP contribution in [0.15, 0.2) is 24.3 Å². The second kappa shape index (κ2) is 6.28. The van der Waals surface area contributed by atoms with E-state index in [0.717, 1.165) is 23.0 Å². The van der Waals surface area contributed by atoms with Gasteiger partial charge in [-0.3, -0.25) is 4.90 Å². The van der Waals surface area contributed by atoms with Gasteiger partial charge in [-0.2, -0.15) is 0 Å². The molecule has 0 aliphatic carbocycles. The van der Waals surface area contributed by atoms with Crippen LogP contribution >= 0.6 is 11.6 Å². The average molecular weight is 307 g/mol. The number of pyridine rings is 1. The number of aryl methyl sites for hydroxylation is 1. The third kappa shape index (κ3) is 3.19. The van der Waals surface area contributed by atoms with Crippen molar-refractivity contribution >= 4 is 22.5 Å². The molecule has 1 fully saturated rings. The molecule has 1 aliphatic heterocycles. The molecule has 0 spiro atoms. The third-order valence-electron chi connectivity index (χ3n) is 3.93. The molecular weight excluding hydrogens is 288 g/mol. The molecule has 3 rings (SSSR count). The van der Waals surface area contributed by atoms with Crippen LogP contribution in [0.5, 0.6) is 0 Å². The number of rotatable bonds is 3. The zero-order valence-electron chi connectivity index (χ0n) is 12.1. The molecule has 1 saturated heterocycles. The Morgan fingerprint density at radius 3 is 3.10 bits per heavy atom. The number of aromatic nitrogens is 1. The monoisotopic (exact) mass is 306 g/mol. The lowest BCUT2D eigenvalue weighted by atomic mass is 10.1. The van der Waals surface area contributed by atoms with E-state index in [9.17, 15) is 5.11 Å². The maximum atomic E-state index is 9.44. The van der Waals surface area contributed by atoms with Crippen molar-refractivity contribution in [2.75, 3.05) is 26.4 Å². The zero-order valence-corrected chi connectivity index (χ0v) is 12.8. The van der Waals surface area contributed by atoms with Gasteiger partial charge < -0.3 is 9.84 Å². The fourth-order valence-corrected chi connectivity index (χ4v) is 2.90. The molecule has 5 heteroatoms. The molecule has 4 nitrogen and oxygen atoms in total. The van der Waals surface area contributed by atoms with Gasteiger partial charge in [0.25, 0.3) is 0 Å². The highest BCUT2D eigenvalue weighted by Gasteiger charge is 2.23. The van der Waals surface area contributed by atoms with Gasteiger partial charge in [0.05, 0.1) is 31.4 Å². The molecule has 0 saturated carbocycles. The number of hydrogen-bond acceptors (Lipinski definition) is 4. The van der Waals surface area contributed by atoms with Crippen molar-refractivity contribution in [2.45, 2.75) is 19.5 Å². The number of benzene rings is 1. The van der Waals surface area contributed by atoms with E-state index in [1.807, 2.05) is 13.0 Å². The first-order valence-corrected chi connectivity index (χ1v) is 7.53. The largest absolute Gasteiger partial charge is 0.395 e. The molecule has 1 aromatic heterocycles. The van der Waals surface area contributed by atoms with Crippen LogP contribution in [0.25, 0.3) is 10.9 Å². The van der Waals surface area contributed by atoms with Crippen LogP contribution in [0.1, 0.15) is 11.1 Å². The molecule has 112 valence electrons. The molecule has 1 atom stereocenters. The number of fused-ring (bicyclic) bond motifs is 1. The predicted octanol–water partition coefficient (Wildman–Crippen LogP) is 2.39. The second-order valence-corrected chi connectivity index (χ2v) is 5.87. The Hall–Kier alpha value is -1.20. The molecule has 1 aromatic carbocycles. The van der Waals surface area contributed by atoms with Crippen molar-refractivity contribution in [2.24, 2.45) is 0 Å². The Morgan fingerprint density at radius 1 is 1.43 bits per heavy atom. The zero-order chi connectivity index (χ0) is 14.8. The Bertz CT molecular complexity index is 647. The lowest BCUT2D eigenvalue weighted by Gasteiger charge is -2.34. The summed E-state index contributed by atoms with van der Waals surface area (Å²) >= 11 is 6.33. The quantitative estimate of drug-likeness (QED) is 0.885. The maximum Gasteiger partial charge on any atom is 0.134 e. The van der Waals surface area contributed by atoms with E-state index < -0.39 is 0 Å². The number of aliphatic hydroxyl groups is 1. The van der Waals surface area contributed by atoms with Crippen LogP contribution in [0.4, 0.5) is 0 Å². The molecule has 2 aromatic rings. The molecule has 0 bridgehead atoms. The highest BCUT2D eigenvalue weighted by molar-refractivity contribution is 6.30. The number of hydrogen-bond donors (Lipinski definition) is 1. The van der Waals surface area contributed by atoms with Gasteiger partial charge in [-0.15, -0.1) is 0 Å². The van der Waals surface area contributed by atoms with Crippen molar-refractivity contribution < 1.29 is 9.84 Å². The number of aliphatic hydroxyl groups excluding tert-OH is 1. The normalized spacial score (nSPS) is 20.0. The van der Waals surface area contributed by atoms with E-state index in [1.165, 1.54) is 5.56 Å². The Balaban J connectivity index is 1.89. The molecule has 0 radical (unpaired) electrons. The van der Waals surface area contributed by atoms with E-state index in [0.29, 0.717) is 24.9 Å². The van der Waals surface area contributed by atoms with Crippen molar-refractivity contribution in [3.05, 3.63) is 40.5 Å². The molecule has 0 amide bonds. The predicted molar refractivity (Wildman–Crippen MR) is 83.6 cm³/mol. The first-order chi connectivity index (χ1) is 10.2. The van der Waals surface area contributed by atoms with Gasteiger partial charge in [0.1, 0.15) is 5.15 Å². The molecule has 2 heterocycles. The van der Waals surface area contributed by atoms with Gasteiger partial charge >= 0.3 is 0 Å². The van der Waals surface area contributed by atoms with Gasteiger partial charge in [-0.1, -0.05) is 23.7 Å². The molecular formula is C16H19ClN2O2. The Kier molecular flexibility index (Phi) is 4.40. The summed E-state index contributed by atoms with van der Waals surface area (Å²) < 4.78 is 5.40. The number of ether oxygens (including phenoxy) is 1. The summed E-state index contributed by atoms with van der Waals surface area (Å²) in [4.78, 5) is 6.70. The summed E-state index contributed by atoms with van der Waals surface area (Å²) in [5.41, 5.74) is 3.09. The Morgan fingerprint density at radius 2 is 2.29 bits per heavy atom. The summed E-state index contributed by atoms with van der Waals surface area (Å²) in [6.45, 7) is 4.88. The Labute approximate surface area is 129 Å². The minimum atomic E-state index is 0.0310. The lowest BCUT2D eigenvalue weighted by Crippen LogP contribution is -2.46. The first kappa shape index (κ1) is 14.7. The summed E-state index contributed by atoms with van der Waals surface area (Å²) in [6.07, 6.45) is 0. The van der Waals surface area contributed by atoms with E-state index >= 15 is 0 Å². The molecule has 1 aliphatic rings. The highest BCUT2D eigenvalue weighted by atomic mass is 35.5. The van der Waals surface area contributed by atoms with Crippen molar-refractivity contribution in [1.82, 2.24) is 9.88 Å². The smallest absolute Gasteiger partial charge is 0.134 e. The van der Waals surface area contributed by atoms with Crippen LogP contribution in [0.2, 0.25) is 5.15 Å². The lowest BCUT2D eigenvalue weighted by molar-refractivity contribution is -0.0312. The minimum absolute atomic E-state index is 0.0310. The van der Waals surface area contributed by atoms with E-state index in [-0.39, 0.29) is 12.6 Å². The molecule has 1 N–H and O–H groups in total. The number of nitrogens with zero attached hydrogens (tertiary/aromatic N) is 2. The topological polar surface area (TPSA) is 45.6 Å². The molecule has 1 unspecified atom stereocenters. The van der Waals surface area contributed by atoms with Gasteiger partial charge in [0, 0.05) is 24.0 Å². The van der Waals surface area contributed by atoms with E-state index in [4.69, 9.17) is 16.3 Å². The van der Waals surface area contributed by atoms with Crippen LogP contribution in [0.3, 0.4) is 0 Å². The van der Waals surface area contributed by atoms with Gasteiger partial charge in [-0.25, -0.2) is 4.98 Å². The fourth-order valence-electron chi connectivity index (χ4n) is 2.69. The first-order valence-electron chi connectivity index (χ1n) is 7.16. The average Bonchev–Trinajstić information content (AvgIpc) is 2.49. The van der Waals surface area contributed by atoms with Crippen molar-refractivity contribution in [1.29, 1.82) is 0 Å². The number of morpholine rings is 1. The summed E-state index contributed by atoms with van der Waals surface area (Å²) in [5, 5.41) is 11.1. The highest BCUT2D eigenvalue weighted by Crippen LogP contribution is 2.24. The van der Waals surface area contributed by atoms with Crippen molar-refractivity contribution in [3.63, 3.8) is 0 Å². The van der Waals surface area contributed by atoms with Crippen LogP contribution in [-0.4, -0.2) is 47.4 Å². The summed E-state index contributed by atoms with van der Waals surface area (Å²) in [5.74, 6) is 0. The van der Waals surface area contributed by atoms with Crippen molar-refractivity contribution in [3.8, 4) is 0 Å². The van der Waals surface area contributed by atoms with E-state index in [2.05, 4.69) is 28.1 Å². The standard InChI is InChI=1S/C16H19ClN2O2/c1-11-2-3-12-7-13(16(17)18-15(12)6-11)8-19-4-5-21-10-14(19)9-20/h2-3,6-7,14,20H,4-5,8-10H2,1H3. The number of halogens is 1. The third-order valence-corrected chi connectivity index (χ3v) is 4.26. The van der Waals surface area contributed by atoms with Crippen LogP contribution < -0.4 is 0 Å². The van der Waals surface area contributed by atoms with Gasteiger partial charge in [-0.05, 0) is 24.6 Å². The maximum absolute atomic E-state index is 9.44. The fraction of sp³-hybridized carbons (Fsp3) is 0.438. The van der Waals surface area contributed by atoms with Gasteiger partial charge in [0.2, 0.25) is 0 Å². The molecule has 21 heavy (non-hydrogen) atoms.